The van der Waals surface area contributed by atoms with Gasteiger partial charge in [0.05, 0.1) is 0 Å². The van der Waals surface area contributed by atoms with Crippen molar-refractivity contribution in [2.45, 2.75) is 32.7 Å². The third-order valence-electron chi connectivity index (χ3n) is 2.61. The Morgan fingerprint density at radius 1 is 1.47 bits per heavy atom. The minimum absolute atomic E-state index is 0.467. The molecule has 4 nitrogen and oxygen atoms in total. The number of nitrogens with zero attached hydrogens (tertiary/aromatic N) is 3. The maximum atomic E-state index is 5.87. The maximum Gasteiger partial charge on any atom is 0.225 e. The van der Waals surface area contributed by atoms with Crippen LogP contribution < -0.4 is 0 Å². The average Bonchev–Trinajstić information content (AvgIpc) is 2.98. The number of rotatable bonds is 6. The Labute approximate surface area is 94.6 Å². The molecule has 15 heavy (non-hydrogen) atoms. The van der Waals surface area contributed by atoms with Crippen LogP contribution in [-0.2, 0) is 11.3 Å². The second-order valence-electron chi connectivity index (χ2n) is 4.04. The van der Waals surface area contributed by atoms with Gasteiger partial charge in [-0.2, -0.15) is 0 Å². The minimum atomic E-state index is 0.467. The highest BCUT2D eigenvalue weighted by molar-refractivity contribution is 6.28. The summed E-state index contributed by atoms with van der Waals surface area (Å²) in [6, 6.07) is 0. The van der Waals surface area contributed by atoms with Gasteiger partial charge in [0.2, 0.25) is 5.28 Å². The van der Waals surface area contributed by atoms with Crippen molar-refractivity contribution in [3.05, 3.63) is 11.1 Å². The molecule has 1 aromatic heterocycles. The van der Waals surface area contributed by atoms with Gasteiger partial charge in [-0.05, 0) is 43.7 Å². The van der Waals surface area contributed by atoms with Crippen molar-refractivity contribution in [2.75, 3.05) is 13.2 Å². The fourth-order valence-corrected chi connectivity index (χ4v) is 1.71. The molecule has 0 unspecified atom stereocenters. The molecule has 5 heteroatoms. The number of aryl methyl sites for hydroxylation is 1. The van der Waals surface area contributed by atoms with Crippen molar-refractivity contribution >= 4 is 11.6 Å². The molecule has 1 saturated carbocycles. The Balaban J connectivity index is 1.64. The van der Waals surface area contributed by atoms with Crippen LogP contribution in [0.1, 0.15) is 25.1 Å². The monoisotopic (exact) mass is 229 g/mol. The molecule has 0 bridgehead atoms. The lowest BCUT2D eigenvalue weighted by atomic mass is 10.4. The summed E-state index contributed by atoms with van der Waals surface area (Å²) >= 11 is 5.87. The van der Waals surface area contributed by atoms with Crippen LogP contribution in [0.15, 0.2) is 0 Å². The quantitative estimate of drug-likeness (QED) is 0.701. The lowest BCUT2D eigenvalue weighted by Crippen LogP contribution is -2.05. The largest absolute Gasteiger partial charge is 0.381 e. The van der Waals surface area contributed by atoms with Gasteiger partial charge in [0.1, 0.15) is 5.82 Å². The summed E-state index contributed by atoms with van der Waals surface area (Å²) in [6.45, 7) is 4.46. The first-order valence-electron chi connectivity index (χ1n) is 5.40. The third kappa shape index (κ3) is 3.18. The van der Waals surface area contributed by atoms with Gasteiger partial charge < -0.3 is 9.30 Å². The third-order valence-corrected chi connectivity index (χ3v) is 2.89. The minimum Gasteiger partial charge on any atom is -0.381 e. The van der Waals surface area contributed by atoms with Crippen LogP contribution in [0.2, 0.25) is 5.28 Å². The summed E-state index contributed by atoms with van der Waals surface area (Å²) in [7, 11) is 0. The summed E-state index contributed by atoms with van der Waals surface area (Å²) in [5, 5.41) is 8.15. The SMILES string of the molecule is Cc1nnc(Cl)n1CCCOCC1CC1. The molecule has 0 N–H and O–H groups in total. The van der Waals surface area contributed by atoms with Gasteiger partial charge in [-0.15, -0.1) is 10.2 Å². The van der Waals surface area contributed by atoms with Crippen molar-refractivity contribution in [3.8, 4) is 0 Å². The van der Waals surface area contributed by atoms with Gasteiger partial charge in [0.15, 0.2) is 0 Å². The number of aromatic nitrogens is 3. The zero-order valence-corrected chi connectivity index (χ0v) is 9.70. The Morgan fingerprint density at radius 2 is 2.27 bits per heavy atom. The molecule has 1 aromatic rings. The van der Waals surface area contributed by atoms with Gasteiger partial charge in [0.25, 0.3) is 0 Å². The van der Waals surface area contributed by atoms with E-state index in [1.165, 1.54) is 12.8 Å². The molecule has 1 heterocycles. The first kappa shape index (κ1) is 10.9. The van der Waals surface area contributed by atoms with Crippen LogP contribution in [0.5, 0.6) is 0 Å². The number of hydrogen-bond donors (Lipinski definition) is 0. The molecule has 0 amide bonds. The first-order chi connectivity index (χ1) is 7.27. The summed E-state index contributed by atoms with van der Waals surface area (Å²) < 4.78 is 7.44. The molecule has 0 spiro atoms. The summed E-state index contributed by atoms with van der Waals surface area (Å²) in [5.74, 6) is 1.70. The Kier molecular flexibility index (Phi) is 3.59. The lowest BCUT2D eigenvalue weighted by Gasteiger charge is -2.05. The van der Waals surface area contributed by atoms with E-state index in [4.69, 9.17) is 16.3 Å². The molecule has 1 fully saturated rings. The van der Waals surface area contributed by atoms with Gasteiger partial charge in [-0.25, -0.2) is 0 Å². The zero-order valence-electron chi connectivity index (χ0n) is 8.95. The molecule has 1 aliphatic rings. The molecular formula is C10H16ClN3O. The summed E-state index contributed by atoms with van der Waals surface area (Å²) in [4.78, 5) is 0. The van der Waals surface area contributed by atoms with E-state index in [1.54, 1.807) is 0 Å². The smallest absolute Gasteiger partial charge is 0.225 e. The van der Waals surface area contributed by atoms with Crippen molar-refractivity contribution in [1.29, 1.82) is 0 Å². The average molecular weight is 230 g/mol. The Morgan fingerprint density at radius 3 is 2.87 bits per heavy atom. The van der Waals surface area contributed by atoms with Crippen LogP contribution in [-0.4, -0.2) is 28.0 Å². The van der Waals surface area contributed by atoms with Gasteiger partial charge in [0, 0.05) is 19.8 Å². The summed E-state index contributed by atoms with van der Waals surface area (Å²) in [5.41, 5.74) is 0. The molecule has 0 radical (unpaired) electrons. The Hall–Kier alpha value is -0.610. The fraction of sp³-hybridized carbons (Fsp3) is 0.800. The van der Waals surface area contributed by atoms with Crippen LogP contribution in [0.25, 0.3) is 0 Å². The highest BCUT2D eigenvalue weighted by atomic mass is 35.5. The van der Waals surface area contributed by atoms with Crippen LogP contribution in [0, 0.1) is 12.8 Å². The highest BCUT2D eigenvalue weighted by Crippen LogP contribution is 2.28. The molecule has 0 aromatic carbocycles. The first-order valence-corrected chi connectivity index (χ1v) is 5.78. The van der Waals surface area contributed by atoms with Gasteiger partial charge >= 0.3 is 0 Å². The Bertz CT molecular complexity index is 303. The molecule has 0 atom stereocenters. The van der Waals surface area contributed by atoms with Crippen molar-refractivity contribution in [3.63, 3.8) is 0 Å². The molecule has 2 rings (SSSR count). The number of hydrogen-bond acceptors (Lipinski definition) is 3. The van der Waals surface area contributed by atoms with E-state index in [0.29, 0.717) is 5.28 Å². The van der Waals surface area contributed by atoms with E-state index >= 15 is 0 Å². The number of ether oxygens (including phenoxy) is 1. The summed E-state index contributed by atoms with van der Waals surface area (Å²) in [6.07, 6.45) is 3.65. The standard InChI is InChI=1S/C10H16ClN3O/c1-8-12-13-10(11)14(8)5-2-6-15-7-9-3-4-9/h9H,2-7H2,1H3. The van der Waals surface area contributed by atoms with E-state index in [-0.39, 0.29) is 0 Å². The fourth-order valence-electron chi connectivity index (χ4n) is 1.47. The molecule has 84 valence electrons. The van der Waals surface area contributed by atoms with Crippen molar-refractivity contribution in [2.24, 2.45) is 5.92 Å². The second-order valence-corrected chi connectivity index (χ2v) is 4.38. The van der Waals surface area contributed by atoms with Gasteiger partial charge in [-0.1, -0.05) is 0 Å². The molecule has 0 aliphatic heterocycles. The van der Waals surface area contributed by atoms with Crippen LogP contribution in [0.3, 0.4) is 0 Å². The van der Waals surface area contributed by atoms with Crippen molar-refractivity contribution < 1.29 is 4.74 Å². The second kappa shape index (κ2) is 4.94. The lowest BCUT2D eigenvalue weighted by molar-refractivity contribution is 0.119. The van der Waals surface area contributed by atoms with E-state index in [2.05, 4.69) is 10.2 Å². The van der Waals surface area contributed by atoms with Crippen LogP contribution in [0.4, 0.5) is 0 Å². The maximum absolute atomic E-state index is 5.87. The highest BCUT2D eigenvalue weighted by Gasteiger charge is 2.20. The van der Waals surface area contributed by atoms with Crippen LogP contribution >= 0.6 is 11.6 Å². The predicted octanol–water partition coefficient (Wildman–Crippen LogP) is 2.06. The predicted molar refractivity (Wildman–Crippen MR) is 57.9 cm³/mol. The topological polar surface area (TPSA) is 39.9 Å². The zero-order chi connectivity index (χ0) is 10.7. The van der Waals surface area contributed by atoms with E-state index in [9.17, 15) is 0 Å². The normalized spacial score (nSPS) is 15.9. The van der Waals surface area contributed by atoms with Gasteiger partial charge in [-0.3, -0.25) is 0 Å². The molecule has 1 aliphatic carbocycles. The molecular weight excluding hydrogens is 214 g/mol. The van der Waals surface area contributed by atoms with E-state index in [1.807, 2.05) is 11.5 Å². The van der Waals surface area contributed by atoms with E-state index < -0.39 is 0 Å². The molecule has 0 saturated heterocycles. The van der Waals surface area contributed by atoms with E-state index in [0.717, 1.165) is 37.9 Å². The number of halogens is 1. The van der Waals surface area contributed by atoms with Crippen molar-refractivity contribution in [1.82, 2.24) is 14.8 Å².